The van der Waals surface area contributed by atoms with Gasteiger partial charge in [0.05, 0.1) is 0 Å². The second kappa shape index (κ2) is 9.33. The van der Waals surface area contributed by atoms with Gasteiger partial charge in [-0.2, -0.15) is 0 Å². The Kier molecular flexibility index (Phi) is 6.54. The van der Waals surface area contributed by atoms with Gasteiger partial charge >= 0.3 is 0 Å². The number of phenolic OH excluding ortho intramolecular Hbond substituents is 1. The second-order valence-corrected chi connectivity index (χ2v) is 9.03. The van der Waals surface area contributed by atoms with Crippen molar-refractivity contribution in [2.24, 2.45) is 5.92 Å². The van der Waals surface area contributed by atoms with Crippen molar-refractivity contribution in [1.82, 2.24) is 9.88 Å². The van der Waals surface area contributed by atoms with Gasteiger partial charge in [-0.25, -0.2) is 0 Å². The Morgan fingerprint density at radius 1 is 1.23 bits per heavy atom. The van der Waals surface area contributed by atoms with Crippen molar-refractivity contribution < 1.29 is 14.9 Å². The van der Waals surface area contributed by atoms with E-state index >= 15 is 0 Å². The largest absolute Gasteiger partial charge is 0.508 e. The van der Waals surface area contributed by atoms with Crippen LogP contribution in [0.5, 0.6) is 11.5 Å². The summed E-state index contributed by atoms with van der Waals surface area (Å²) in [6, 6.07) is 15.7. The molecule has 0 saturated carbocycles. The van der Waals surface area contributed by atoms with Crippen molar-refractivity contribution in [2.45, 2.75) is 44.6 Å². The number of benzene rings is 2. The van der Waals surface area contributed by atoms with Crippen LogP contribution in [-0.2, 0) is 5.41 Å². The summed E-state index contributed by atoms with van der Waals surface area (Å²) in [7, 11) is 0. The fourth-order valence-corrected chi connectivity index (χ4v) is 5.35. The minimum Gasteiger partial charge on any atom is -0.508 e. The van der Waals surface area contributed by atoms with Crippen molar-refractivity contribution in [2.75, 3.05) is 26.2 Å². The lowest BCUT2D eigenvalue weighted by Gasteiger charge is -2.48. The summed E-state index contributed by atoms with van der Waals surface area (Å²) in [5.41, 5.74) is 2.36. The number of piperidine rings is 1. The van der Waals surface area contributed by atoms with Crippen molar-refractivity contribution in [3.8, 4) is 11.5 Å². The van der Waals surface area contributed by atoms with Crippen LogP contribution in [0.15, 0.2) is 54.7 Å². The van der Waals surface area contributed by atoms with E-state index in [2.05, 4.69) is 29.8 Å². The molecule has 0 radical (unpaired) electrons. The number of fused-ring (bicyclic) bond motifs is 1. The summed E-state index contributed by atoms with van der Waals surface area (Å²) in [6.45, 7) is 7.29. The molecule has 1 aliphatic rings. The number of β-amino-alcohol motifs (C(OH)–C–C–N with tert-alkyl or cyclic N) is 1. The Hall–Kier alpha value is -2.50. The quantitative estimate of drug-likeness (QED) is 0.492. The average Bonchev–Trinajstić information content (AvgIpc) is 3.24. The van der Waals surface area contributed by atoms with E-state index in [1.165, 1.54) is 5.56 Å². The minimum atomic E-state index is -0.541. The number of phenols is 1. The number of aromatic amines is 1. The molecule has 2 heterocycles. The Balaban J connectivity index is 1.37. The van der Waals surface area contributed by atoms with Crippen molar-refractivity contribution >= 4 is 10.9 Å². The van der Waals surface area contributed by atoms with Gasteiger partial charge in [-0.15, -0.1) is 0 Å². The molecular formula is C26H34N2O3. The molecule has 1 fully saturated rings. The summed E-state index contributed by atoms with van der Waals surface area (Å²) in [6.07, 6.45) is 4.61. The van der Waals surface area contributed by atoms with Crippen LogP contribution < -0.4 is 4.74 Å². The predicted octanol–water partition coefficient (Wildman–Crippen LogP) is 4.69. The van der Waals surface area contributed by atoms with Crippen LogP contribution in [0.1, 0.15) is 38.7 Å². The van der Waals surface area contributed by atoms with E-state index in [1.807, 2.05) is 42.6 Å². The molecule has 1 saturated heterocycles. The lowest BCUT2D eigenvalue weighted by molar-refractivity contribution is 0.0302. The van der Waals surface area contributed by atoms with Crippen LogP contribution in [0.2, 0.25) is 0 Å². The zero-order valence-corrected chi connectivity index (χ0v) is 18.6. The molecule has 0 aliphatic carbocycles. The highest BCUT2D eigenvalue weighted by molar-refractivity contribution is 5.85. The molecule has 166 valence electrons. The number of ether oxygens (including phenoxy) is 1. The molecule has 0 spiro atoms. The third-order valence-corrected chi connectivity index (χ3v) is 6.92. The zero-order valence-electron chi connectivity index (χ0n) is 18.6. The summed E-state index contributed by atoms with van der Waals surface area (Å²) in [4.78, 5) is 5.54. The average molecular weight is 423 g/mol. The maximum atomic E-state index is 10.7. The van der Waals surface area contributed by atoms with Crippen LogP contribution in [0.25, 0.3) is 10.9 Å². The SMILES string of the molecule is CCC[C@@]1(c2cccc(O)c2)CCN(C[C@H](O)COc2cccc3[nH]ccc23)C[C@@H]1C. The van der Waals surface area contributed by atoms with E-state index in [1.54, 1.807) is 6.07 Å². The van der Waals surface area contributed by atoms with E-state index in [4.69, 9.17) is 4.74 Å². The Morgan fingerprint density at radius 3 is 2.84 bits per heavy atom. The highest BCUT2D eigenvalue weighted by Crippen LogP contribution is 2.44. The van der Waals surface area contributed by atoms with Gasteiger partial charge in [0.25, 0.3) is 0 Å². The molecule has 0 amide bonds. The highest BCUT2D eigenvalue weighted by atomic mass is 16.5. The monoisotopic (exact) mass is 422 g/mol. The molecule has 1 aromatic heterocycles. The number of rotatable bonds is 8. The van der Waals surface area contributed by atoms with E-state index in [0.717, 1.165) is 49.0 Å². The van der Waals surface area contributed by atoms with Crippen molar-refractivity contribution in [3.63, 3.8) is 0 Å². The Labute approximate surface area is 184 Å². The van der Waals surface area contributed by atoms with Crippen LogP contribution >= 0.6 is 0 Å². The van der Waals surface area contributed by atoms with Crippen LogP contribution in [0.3, 0.4) is 0 Å². The topological polar surface area (TPSA) is 68.7 Å². The maximum absolute atomic E-state index is 10.7. The molecule has 3 aromatic rings. The number of aliphatic hydroxyl groups excluding tert-OH is 1. The lowest BCUT2D eigenvalue weighted by atomic mass is 9.64. The van der Waals surface area contributed by atoms with Gasteiger partial charge in [0.2, 0.25) is 0 Å². The number of hydrogen-bond donors (Lipinski definition) is 3. The van der Waals surface area contributed by atoms with Gasteiger partial charge in [0, 0.05) is 35.6 Å². The molecule has 2 aromatic carbocycles. The predicted molar refractivity (Wildman–Crippen MR) is 125 cm³/mol. The van der Waals surface area contributed by atoms with Crippen LogP contribution in [0.4, 0.5) is 0 Å². The van der Waals surface area contributed by atoms with Gasteiger partial charge in [-0.05, 0) is 61.2 Å². The van der Waals surface area contributed by atoms with E-state index in [-0.39, 0.29) is 12.0 Å². The van der Waals surface area contributed by atoms with Gasteiger partial charge in [0.15, 0.2) is 0 Å². The smallest absolute Gasteiger partial charge is 0.128 e. The molecule has 3 N–H and O–H groups in total. The summed E-state index contributed by atoms with van der Waals surface area (Å²) in [5.74, 6) is 1.58. The lowest BCUT2D eigenvalue weighted by Crippen LogP contribution is -2.51. The fraction of sp³-hybridized carbons (Fsp3) is 0.462. The van der Waals surface area contributed by atoms with E-state index in [0.29, 0.717) is 18.2 Å². The third-order valence-electron chi connectivity index (χ3n) is 6.92. The number of nitrogens with one attached hydrogen (secondary N) is 1. The number of nitrogens with zero attached hydrogens (tertiary/aromatic N) is 1. The number of aromatic nitrogens is 1. The first-order valence-electron chi connectivity index (χ1n) is 11.4. The van der Waals surface area contributed by atoms with Gasteiger partial charge < -0.3 is 24.8 Å². The minimum absolute atomic E-state index is 0.0787. The highest BCUT2D eigenvalue weighted by Gasteiger charge is 2.41. The molecule has 0 unspecified atom stereocenters. The number of aromatic hydroxyl groups is 1. The molecule has 0 bridgehead atoms. The molecular weight excluding hydrogens is 388 g/mol. The number of likely N-dealkylation sites (tertiary alicyclic amines) is 1. The number of H-pyrrole nitrogens is 1. The van der Waals surface area contributed by atoms with Crippen molar-refractivity contribution in [3.05, 3.63) is 60.3 Å². The Morgan fingerprint density at radius 2 is 2.06 bits per heavy atom. The van der Waals surface area contributed by atoms with Crippen molar-refractivity contribution in [1.29, 1.82) is 0 Å². The number of hydrogen-bond acceptors (Lipinski definition) is 4. The van der Waals surface area contributed by atoms with E-state index < -0.39 is 6.10 Å². The molecule has 4 rings (SSSR count). The first-order chi connectivity index (χ1) is 15.0. The van der Waals surface area contributed by atoms with E-state index in [9.17, 15) is 10.2 Å². The van der Waals surface area contributed by atoms with Gasteiger partial charge in [-0.3, -0.25) is 0 Å². The van der Waals surface area contributed by atoms with Crippen LogP contribution in [-0.4, -0.2) is 52.4 Å². The molecule has 1 aliphatic heterocycles. The fourth-order valence-electron chi connectivity index (χ4n) is 5.35. The normalized spacial score (nSPS) is 23.1. The van der Waals surface area contributed by atoms with Gasteiger partial charge in [0.1, 0.15) is 24.2 Å². The number of aliphatic hydroxyl groups is 1. The Bertz CT molecular complexity index is 1000. The third kappa shape index (κ3) is 4.58. The molecule has 3 atom stereocenters. The second-order valence-electron chi connectivity index (χ2n) is 9.03. The molecule has 5 heteroatoms. The summed E-state index contributed by atoms with van der Waals surface area (Å²) < 4.78 is 5.95. The molecule has 5 nitrogen and oxygen atoms in total. The standard InChI is InChI=1S/C26H34N2O3/c1-3-11-26(20-6-4-7-21(29)15-20)12-14-28(16-19(26)2)17-22(30)18-31-25-9-5-8-24-23(25)10-13-27-24/h4-10,13,15,19,22,27,29-30H,3,11-12,14,16-18H2,1-2H3/t19-,22-,26+/m0/s1. The summed E-state index contributed by atoms with van der Waals surface area (Å²) in [5, 5.41) is 21.7. The summed E-state index contributed by atoms with van der Waals surface area (Å²) >= 11 is 0. The maximum Gasteiger partial charge on any atom is 0.128 e. The zero-order chi connectivity index (χ0) is 21.8. The first kappa shape index (κ1) is 21.7. The molecule has 31 heavy (non-hydrogen) atoms. The van der Waals surface area contributed by atoms with Gasteiger partial charge in [-0.1, -0.05) is 38.5 Å². The van der Waals surface area contributed by atoms with Crippen LogP contribution in [0, 0.1) is 5.92 Å². The first-order valence-corrected chi connectivity index (χ1v) is 11.4.